The summed E-state index contributed by atoms with van der Waals surface area (Å²) in [5.41, 5.74) is 1.42. The first-order valence-corrected chi connectivity index (χ1v) is 6.54. The van der Waals surface area contributed by atoms with E-state index in [0.29, 0.717) is 29.8 Å². The second-order valence-electron chi connectivity index (χ2n) is 4.91. The Morgan fingerprint density at radius 3 is 2.60 bits per heavy atom. The van der Waals surface area contributed by atoms with E-state index in [4.69, 9.17) is 4.74 Å². The van der Waals surface area contributed by atoms with Gasteiger partial charge in [0.1, 0.15) is 11.6 Å². The fourth-order valence-corrected chi connectivity index (χ4v) is 1.56. The highest BCUT2D eigenvalue weighted by Crippen LogP contribution is 2.21. The summed E-state index contributed by atoms with van der Waals surface area (Å²) in [6.07, 6.45) is 0. The first kappa shape index (κ1) is 14.4. The van der Waals surface area contributed by atoms with Crippen molar-refractivity contribution in [2.45, 2.75) is 33.4 Å². The number of aryl methyl sites for hydroxylation is 1. The summed E-state index contributed by atoms with van der Waals surface area (Å²) in [7, 11) is 0. The molecule has 0 fully saturated rings. The average molecular weight is 275 g/mol. The van der Waals surface area contributed by atoms with Crippen LogP contribution in [0.2, 0.25) is 0 Å². The summed E-state index contributed by atoms with van der Waals surface area (Å²) in [4.78, 5) is 0. The molecule has 1 N–H and O–H groups in total. The molecule has 2 rings (SSSR count). The number of aromatic nitrogens is 2. The number of nitrogens with zero attached hydrogens (tertiary/aromatic N) is 2. The van der Waals surface area contributed by atoms with Gasteiger partial charge in [-0.05, 0) is 24.6 Å². The fourth-order valence-electron chi connectivity index (χ4n) is 1.56. The molecule has 0 saturated carbocycles. The van der Waals surface area contributed by atoms with Crippen LogP contribution in [-0.4, -0.2) is 16.2 Å². The molecule has 1 heterocycles. The van der Waals surface area contributed by atoms with Crippen molar-refractivity contribution in [1.29, 1.82) is 0 Å². The third-order valence-electron chi connectivity index (χ3n) is 2.75. The molecule has 0 atom stereocenters. The predicted octanol–water partition coefficient (Wildman–Crippen LogP) is 3.21. The normalized spacial score (nSPS) is 10.8. The molecule has 20 heavy (non-hydrogen) atoms. The van der Waals surface area contributed by atoms with Crippen LogP contribution in [0.15, 0.2) is 30.3 Å². The van der Waals surface area contributed by atoms with E-state index in [1.54, 1.807) is 25.1 Å². The molecule has 0 unspecified atom stereocenters. The summed E-state index contributed by atoms with van der Waals surface area (Å²) in [6.45, 7) is 6.49. The minimum Gasteiger partial charge on any atom is -0.437 e. The molecule has 0 amide bonds. The lowest BCUT2D eigenvalue weighted by atomic mass is 10.2. The van der Waals surface area contributed by atoms with Gasteiger partial charge >= 0.3 is 0 Å². The molecular formula is C15H18FN3O. The molecule has 0 radical (unpaired) electrons. The minimum atomic E-state index is -0.298. The van der Waals surface area contributed by atoms with E-state index in [0.717, 1.165) is 5.69 Å². The molecule has 0 aliphatic carbocycles. The second-order valence-corrected chi connectivity index (χ2v) is 4.91. The van der Waals surface area contributed by atoms with Crippen molar-refractivity contribution >= 4 is 0 Å². The zero-order chi connectivity index (χ0) is 14.5. The molecule has 1 aromatic heterocycles. The number of hydrogen-bond acceptors (Lipinski definition) is 4. The van der Waals surface area contributed by atoms with Gasteiger partial charge in [0.25, 0.3) is 0 Å². The fraction of sp³-hybridized carbons (Fsp3) is 0.333. The van der Waals surface area contributed by atoms with Gasteiger partial charge in [0, 0.05) is 24.7 Å². The SMILES string of the molecule is Cc1ccc(Oc2ccc(CNC(C)C)nn2)cc1F. The number of halogens is 1. The molecule has 0 aliphatic heterocycles. The summed E-state index contributed by atoms with van der Waals surface area (Å²) in [5.74, 6) is 0.463. The average Bonchev–Trinajstić information content (AvgIpc) is 2.42. The molecule has 0 saturated heterocycles. The van der Waals surface area contributed by atoms with Gasteiger partial charge in [0.15, 0.2) is 0 Å². The van der Waals surface area contributed by atoms with Gasteiger partial charge in [-0.2, -0.15) is 5.10 Å². The summed E-state index contributed by atoms with van der Waals surface area (Å²) < 4.78 is 18.9. The molecule has 5 heteroatoms. The Hall–Kier alpha value is -2.01. The third-order valence-corrected chi connectivity index (χ3v) is 2.75. The second kappa shape index (κ2) is 6.43. The van der Waals surface area contributed by atoms with Gasteiger partial charge in [-0.1, -0.05) is 19.9 Å². The molecule has 2 aromatic rings. The van der Waals surface area contributed by atoms with Gasteiger partial charge < -0.3 is 10.1 Å². The number of hydrogen-bond donors (Lipinski definition) is 1. The van der Waals surface area contributed by atoms with Crippen LogP contribution in [0.3, 0.4) is 0 Å². The van der Waals surface area contributed by atoms with E-state index in [2.05, 4.69) is 29.4 Å². The van der Waals surface area contributed by atoms with Gasteiger partial charge in [-0.3, -0.25) is 0 Å². The van der Waals surface area contributed by atoms with Crippen LogP contribution in [0.5, 0.6) is 11.6 Å². The van der Waals surface area contributed by atoms with Crippen LogP contribution in [0, 0.1) is 12.7 Å². The molecule has 0 aliphatic rings. The van der Waals surface area contributed by atoms with Crippen LogP contribution in [0.4, 0.5) is 4.39 Å². The highest BCUT2D eigenvalue weighted by Gasteiger charge is 2.04. The van der Waals surface area contributed by atoms with Gasteiger partial charge in [0.05, 0.1) is 5.69 Å². The van der Waals surface area contributed by atoms with Crippen LogP contribution in [0.25, 0.3) is 0 Å². The largest absolute Gasteiger partial charge is 0.437 e. The molecule has 0 bridgehead atoms. The first-order chi connectivity index (χ1) is 9.54. The van der Waals surface area contributed by atoms with Crippen molar-refractivity contribution in [3.8, 4) is 11.6 Å². The van der Waals surface area contributed by atoms with Crippen molar-refractivity contribution < 1.29 is 9.13 Å². The van der Waals surface area contributed by atoms with Crippen molar-refractivity contribution in [3.63, 3.8) is 0 Å². The van der Waals surface area contributed by atoms with Crippen LogP contribution in [-0.2, 0) is 6.54 Å². The summed E-state index contributed by atoms with van der Waals surface area (Å²) in [6, 6.07) is 8.66. The third kappa shape index (κ3) is 3.99. The summed E-state index contributed by atoms with van der Waals surface area (Å²) >= 11 is 0. The Kier molecular flexibility index (Phi) is 4.63. The molecule has 1 aromatic carbocycles. The van der Waals surface area contributed by atoms with E-state index in [1.807, 2.05) is 6.07 Å². The van der Waals surface area contributed by atoms with Crippen molar-refractivity contribution in [1.82, 2.24) is 15.5 Å². The van der Waals surface area contributed by atoms with Gasteiger partial charge in [-0.25, -0.2) is 4.39 Å². The van der Waals surface area contributed by atoms with Gasteiger partial charge in [0.2, 0.25) is 5.88 Å². The van der Waals surface area contributed by atoms with Crippen LogP contribution < -0.4 is 10.1 Å². The highest BCUT2D eigenvalue weighted by molar-refractivity contribution is 5.30. The summed E-state index contributed by atoms with van der Waals surface area (Å²) in [5, 5.41) is 11.3. The lowest BCUT2D eigenvalue weighted by Gasteiger charge is -2.08. The number of benzene rings is 1. The standard InChI is InChI=1S/C15H18FN3O/c1-10(2)17-9-12-5-7-15(19-18-12)20-13-6-4-11(3)14(16)8-13/h4-8,10,17H,9H2,1-3H3. The van der Waals surface area contributed by atoms with E-state index in [-0.39, 0.29) is 5.82 Å². The lowest BCUT2D eigenvalue weighted by molar-refractivity contribution is 0.448. The van der Waals surface area contributed by atoms with E-state index >= 15 is 0 Å². The minimum absolute atomic E-state index is 0.298. The van der Waals surface area contributed by atoms with Crippen LogP contribution >= 0.6 is 0 Å². The Labute approximate surface area is 118 Å². The molecule has 106 valence electrons. The van der Waals surface area contributed by atoms with Gasteiger partial charge in [-0.15, -0.1) is 5.10 Å². The quantitative estimate of drug-likeness (QED) is 0.910. The molecule has 4 nitrogen and oxygen atoms in total. The number of rotatable bonds is 5. The monoisotopic (exact) mass is 275 g/mol. The predicted molar refractivity (Wildman–Crippen MR) is 75.2 cm³/mol. The molecular weight excluding hydrogens is 257 g/mol. The topological polar surface area (TPSA) is 47.0 Å². The first-order valence-electron chi connectivity index (χ1n) is 6.54. The number of nitrogens with one attached hydrogen (secondary N) is 1. The maximum atomic E-state index is 13.4. The van der Waals surface area contributed by atoms with Crippen molar-refractivity contribution in [3.05, 3.63) is 47.4 Å². The Bertz CT molecular complexity index is 570. The Balaban J connectivity index is 2.01. The van der Waals surface area contributed by atoms with Crippen molar-refractivity contribution in [2.24, 2.45) is 0 Å². The zero-order valence-electron chi connectivity index (χ0n) is 11.9. The van der Waals surface area contributed by atoms with Crippen LogP contribution in [0.1, 0.15) is 25.1 Å². The highest BCUT2D eigenvalue weighted by atomic mass is 19.1. The Morgan fingerprint density at radius 1 is 1.20 bits per heavy atom. The Morgan fingerprint density at radius 2 is 2.00 bits per heavy atom. The van der Waals surface area contributed by atoms with E-state index in [9.17, 15) is 4.39 Å². The maximum absolute atomic E-state index is 13.4. The smallest absolute Gasteiger partial charge is 0.238 e. The lowest BCUT2D eigenvalue weighted by Crippen LogP contribution is -2.22. The molecule has 0 spiro atoms. The maximum Gasteiger partial charge on any atom is 0.238 e. The van der Waals surface area contributed by atoms with E-state index in [1.165, 1.54) is 6.07 Å². The van der Waals surface area contributed by atoms with E-state index < -0.39 is 0 Å². The number of ether oxygens (including phenoxy) is 1. The van der Waals surface area contributed by atoms with Crippen molar-refractivity contribution in [2.75, 3.05) is 0 Å². The zero-order valence-corrected chi connectivity index (χ0v) is 11.9.